The lowest BCUT2D eigenvalue weighted by Crippen LogP contribution is -2.17. The first-order chi connectivity index (χ1) is 12.3. The summed E-state index contributed by atoms with van der Waals surface area (Å²) in [6, 6.07) is 6.08. The molecule has 0 radical (unpaired) electrons. The highest BCUT2D eigenvalue weighted by atomic mass is 32.2. The quantitative estimate of drug-likeness (QED) is 0.689. The van der Waals surface area contributed by atoms with Crippen molar-refractivity contribution in [1.29, 1.82) is 5.26 Å². The number of aryl methyl sites for hydroxylation is 1. The smallest absolute Gasteiger partial charge is 0.258 e. The van der Waals surface area contributed by atoms with Gasteiger partial charge in [0.25, 0.3) is 0 Å². The Morgan fingerprint density at radius 2 is 2.15 bits per heavy atom. The van der Waals surface area contributed by atoms with Crippen molar-refractivity contribution < 1.29 is 13.2 Å². The number of sulfone groups is 1. The molecular formula is C16H14N5O3S2+. The maximum absolute atomic E-state index is 12.2. The number of amides is 1. The number of benzene rings is 1. The van der Waals surface area contributed by atoms with Crippen LogP contribution in [-0.4, -0.2) is 35.2 Å². The number of aromatic nitrogens is 3. The first-order valence-electron chi connectivity index (χ1n) is 7.33. The number of nitrogens with one attached hydrogen (secondary N) is 1. The summed E-state index contributed by atoms with van der Waals surface area (Å²) in [6.45, 7) is 1.80. The summed E-state index contributed by atoms with van der Waals surface area (Å²) in [5.74, 6) is 0. The Labute approximate surface area is 152 Å². The topological polar surface area (TPSA) is 118 Å². The standard InChI is InChI=1S/C16H13N5O3S2/c1-11-9-25(15(19-11)20-16(22)21-6-5-18-10-21)13-3-4-14(26(2,23)24)12(7-13)8-17/h3-7,9-10H,1-2H3/p+1. The van der Waals surface area contributed by atoms with Crippen molar-refractivity contribution in [3.05, 3.63) is 53.6 Å². The third-order valence-electron chi connectivity index (χ3n) is 3.45. The van der Waals surface area contributed by atoms with Crippen molar-refractivity contribution in [3.63, 3.8) is 0 Å². The third-order valence-corrected chi connectivity index (χ3v) is 6.56. The van der Waals surface area contributed by atoms with Gasteiger partial charge in [-0.05, 0) is 19.1 Å². The number of hydrogen-bond donors (Lipinski definition) is 1. The van der Waals surface area contributed by atoms with E-state index in [9.17, 15) is 18.5 Å². The molecule has 2 heterocycles. The second-order valence-corrected chi connectivity index (χ2v) is 9.21. The van der Waals surface area contributed by atoms with Crippen LogP contribution >= 0.6 is 10.5 Å². The van der Waals surface area contributed by atoms with Gasteiger partial charge in [-0.3, -0.25) is 4.57 Å². The van der Waals surface area contributed by atoms with E-state index in [1.165, 1.54) is 35.4 Å². The molecule has 2 aromatic heterocycles. The van der Waals surface area contributed by atoms with E-state index in [1.807, 2.05) is 11.4 Å². The number of imidazole rings is 1. The number of carbonyl (C=O) groups excluding carboxylic acids is 1. The fourth-order valence-corrected chi connectivity index (χ4v) is 4.90. The minimum absolute atomic E-state index is 0.0202. The molecule has 0 aliphatic heterocycles. The Morgan fingerprint density at radius 3 is 2.77 bits per heavy atom. The third kappa shape index (κ3) is 3.49. The molecule has 1 aromatic carbocycles. The lowest BCUT2D eigenvalue weighted by atomic mass is 10.2. The highest BCUT2D eigenvalue weighted by Crippen LogP contribution is 2.40. The molecule has 0 fully saturated rings. The number of hydrogen-bond acceptors (Lipinski definition) is 6. The van der Waals surface area contributed by atoms with E-state index >= 15 is 0 Å². The summed E-state index contributed by atoms with van der Waals surface area (Å²) < 4.78 is 24.9. The first kappa shape index (κ1) is 17.8. The normalized spacial score (nSPS) is 11.8. The van der Waals surface area contributed by atoms with E-state index in [0.29, 0.717) is 10.0 Å². The van der Waals surface area contributed by atoms with Crippen LogP contribution in [0.25, 0.3) is 4.90 Å². The van der Waals surface area contributed by atoms with Crippen LogP contribution in [0.1, 0.15) is 11.3 Å². The number of nitriles is 1. The Balaban J connectivity index is 2.03. The zero-order chi connectivity index (χ0) is 18.9. The molecular weight excluding hydrogens is 374 g/mol. The van der Waals surface area contributed by atoms with Crippen LogP contribution in [0, 0.1) is 18.3 Å². The summed E-state index contributed by atoms with van der Waals surface area (Å²) in [7, 11) is -4.22. The molecule has 1 N–H and O–H groups in total. The maximum atomic E-state index is 12.2. The average Bonchev–Trinajstić information content (AvgIpc) is 3.23. The molecule has 0 saturated heterocycles. The van der Waals surface area contributed by atoms with E-state index in [4.69, 9.17) is 0 Å². The minimum Gasteiger partial charge on any atom is -0.258 e. The second kappa shape index (κ2) is 6.70. The summed E-state index contributed by atoms with van der Waals surface area (Å²) in [5, 5.41) is 14.3. The highest BCUT2D eigenvalue weighted by Gasteiger charge is 2.25. The van der Waals surface area contributed by atoms with Crippen LogP contribution in [-0.2, 0) is 9.84 Å². The predicted octanol–water partition coefficient (Wildman–Crippen LogP) is 2.68. The molecule has 0 saturated carbocycles. The molecule has 8 nitrogen and oxygen atoms in total. The van der Waals surface area contributed by atoms with Crippen molar-refractivity contribution in [2.45, 2.75) is 11.8 Å². The Morgan fingerprint density at radius 1 is 1.38 bits per heavy atom. The van der Waals surface area contributed by atoms with Crippen LogP contribution in [0.15, 0.2) is 47.2 Å². The number of carbonyl (C=O) groups is 1. The maximum Gasteiger partial charge on any atom is 0.353 e. The van der Waals surface area contributed by atoms with Crippen LogP contribution in [0.2, 0.25) is 0 Å². The number of anilines is 1. The van der Waals surface area contributed by atoms with Crippen LogP contribution in [0.5, 0.6) is 0 Å². The molecule has 0 spiro atoms. The molecule has 1 unspecified atom stereocenters. The average molecular weight is 388 g/mol. The lowest BCUT2D eigenvalue weighted by Gasteiger charge is -2.02. The summed E-state index contributed by atoms with van der Waals surface area (Å²) >= 11 is 0. The van der Waals surface area contributed by atoms with Gasteiger partial charge in [0, 0.05) is 24.7 Å². The summed E-state index contributed by atoms with van der Waals surface area (Å²) in [4.78, 5) is 21.1. The Hall–Kier alpha value is -3.03. The minimum atomic E-state index is -3.50. The summed E-state index contributed by atoms with van der Waals surface area (Å²) in [6.07, 6.45) is 5.43. The van der Waals surface area contributed by atoms with Gasteiger partial charge in [-0.25, -0.2) is 23.5 Å². The number of nitrogens with zero attached hydrogens (tertiary/aromatic N) is 4. The van der Waals surface area contributed by atoms with Gasteiger partial charge in [-0.15, -0.1) is 0 Å². The largest absolute Gasteiger partial charge is 0.353 e. The fourth-order valence-electron chi connectivity index (χ4n) is 2.32. The van der Waals surface area contributed by atoms with Crippen LogP contribution in [0.3, 0.4) is 0 Å². The monoisotopic (exact) mass is 388 g/mol. The van der Waals surface area contributed by atoms with Gasteiger partial charge in [-0.2, -0.15) is 10.2 Å². The molecule has 3 rings (SSSR count). The van der Waals surface area contributed by atoms with Gasteiger partial charge in [0.15, 0.2) is 20.1 Å². The van der Waals surface area contributed by atoms with E-state index in [2.05, 4.69) is 15.3 Å². The van der Waals surface area contributed by atoms with Gasteiger partial charge in [0.05, 0.1) is 26.6 Å². The van der Waals surface area contributed by atoms with Gasteiger partial charge < -0.3 is 0 Å². The SMILES string of the molecule is Cc1c[s+](-c2ccc(S(C)(=O)=O)c(C#N)c2)c(NC(=O)n2ccnc2)n1. The molecule has 3 aromatic rings. The molecule has 10 heteroatoms. The van der Waals surface area contributed by atoms with Crippen molar-refractivity contribution in [3.8, 4) is 11.0 Å². The molecule has 132 valence electrons. The highest BCUT2D eigenvalue weighted by molar-refractivity contribution is 7.90. The lowest BCUT2D eigenvalue weighted by molar-refractivity contribution is 0.253. The van der Waals surface area contributed by atoms with E-state index in [1.54, 1.807) is 13.0 Å². The van der Waals surface area contributed by atoms with Gasteiger partial charge in [0.1, 0.15) is 12.4 Å². The molecule has 0 aliphatic carbocycles. The number of rotatable bonds is 3. The van der Waals surface area contributed by atoms with E-state index in [-0.39, 0.29) is 10.5 Å². The summed E-state index contributed by atoms with van der Waals surface area (Å²) in [5.41, 5.74) is 0.788. The second-order valence-electron chi connectivity index (χ2n) is 5.46. The Kier molecular flexibility index (Phi) is 4.58. The van der Waals surface area contributed by atoms with Gasteiger partial charge in [-0.1, -0.05) is 0 Å². The Bertz CT molecular complexity index is 1130. The molecule has 1 amide bonds. The van der Waals surface area contributed by atoms with Crippen molar-refractivity contribution in [2.75, 3.05) is 11.6 Å². The predicted molar refractivity (Wildman–Crippen MR) is 97.3 cm³/mol. The van der Waals surface area contributed by atoms with Crippen molar-refractivity contribution >= 4 is 31.5 Å². The first-order valence-corrected chi connectivity index (χ1v) is 10.5. The van der Waals surface area contributed by atoms with E-state index < -0.39 is 26.3 Å². The van der Waals surface area contributed by atoms with Crippen molar-refractivity contribution in [2.24, 2.45) is 0 Å². The van der Waals surface area contributed by atoms with E-state index in [0.717, 1.165) is 11.9 Å². The fraction of sp³-hybridized carbons (Fsp3) is 0.125. The number of thiazole rings is 1. The molecule has 26 heavy (non-hydrogen) atoms. The molecule has 0 bridgehead atoms. The zero-order valence-corrected chi connectivity index (χ0v) is 15.5. The van der Waals surface area contributed by atoms with Crippen LogP contribution in [0.4, 0.5) is 9.93 Å². The zero-order valence-electron chi connectivity index (χ0n) is 13.9. The van der Waals surface area contributed by atoms with Crippen LogP contribution < -0.4 is 5.32 Å². The van der Waals surface area contributed by atoms with Gasteiger partial charge in [0.2, 0.25) is 0 Å². The molecule has 0 aliphatic rings. The van der Waals surface area contributed by atoms with Gasteiger partial charge >= 0.3 is 11.2 Å². The molecule has 1 atom stereocenters. The van der Waals surface area contributed by atoms with Crippen molar-refractivity contribution in [1.82, 2.24) is 14.5 Å².